The molecule has 2 aromatic carbocycles. The number of nitrogens with zero attached hydrogens (tertiary/aromatic N) is 2. The van der Waals surface area contributed by atoms with Gasteiger partial charge < -0.3 is 19.3 Å². The number of carbonyl (C=O) groups excluding carboxylic acids is 1. The molecule has 1 aliphatic rings. The Balaban J connectivity index is 1.95. The van der Waals surface area contributed by atoms with E-state index in [4.69, 9.17) is 19.3 Å². The van der Waals surface area contributed by atoms with Crippen LogP contribution in [0.15, 0.2) is 62.2 Å². The van der Waals surface area contributed by atoms with Crippen LogP contribution >= 0.6 is 0 Å². The van der Waals surface area contributed by atoms with Gasteiger partial charge in [0.15, 0.2) is 0 Å². The zero-order chi connectivity index (χ0) is 23.3. The molecular formula is C23H15F2N3O5. The van der Waals surface area contributed by atoms with E-state index in [2.05, 4.69) is 4.98 Å². The highest BCUT2D eigenvalue weighted by Crippen LogP contribution is 2.39. The Morgan fingerprint density at radius 3 is 2.52 bits per heavy atom. The van der Waals surface area contributed by atoms with E-state index in [0.29, 0.717) is 0 Å². The summed E-state index contributed by atoms with van der Waals surface area (Å²) >= 11 is 0. The Morgan fingerprint density at radius 2 is 1.82 bits per heavy atom. The predicted molar refractivity (Wildman–Crippen MR) is 112 cm³/mol. The van der Waals surface area contributed by atoms with Crippen molar-refractivity contribution in [2.75, 3.05) is 12.8 Å². The second kappa shape index (κ2) is 7.59. The molecule has 33 heavy (non-hydrogen) atoms. The first-order chi connectivity index (χ1) is 15.9. The molecule has 0 spiro atoms. The number of hydrogen-bond donors (Lipinski definition) is 1. The smallest absolute Gasteiger partial charge is 0.362 e. The first-order valence-electron chi connectivity index (χ1n) is 9.72. The van der Waals surface area contributed by atoms with Crippen molar-refractivity contribution in [2.45, 2.75) is 5.92 Å². The van der Waals surface area contributed by atoms with Gasteiger partial charge in [-0.15, -0.1) is 0 Å². The fourth-order valence-corrected chi connectivity index (χ4v) is 3.90. The van der Waals surface area contributed by atoms with Gasteiger partial charge in [0.2, 0.25) is 11.4 Å². The molecule has 4 aromatic rings. The number of halogens is 2. The summed E-state index contributed by atoms with van der Waals surface area (Å²) in [4.78, 5) is 29.8. The summed E-state index contributed by atoms with van der Waals surface area (Å²) in [6.07, 6.45) is 1.24. The normalized spacial score (nSPS) is 15.3. The summed E-state index contributed by atoms with van der Waals surface area (Å²) in [5.74, 6) is -3.28. The Hall–Kier alpha value is -4.47. The molecule has 0 saturated heterocycles. The van der Waals surface area contributed by atoms with Gasteiger partial charge in [0, 0.05) is 11.1 Å². The molecule has 0 bridgehead atoms. The topological polar surface area (TPSA) is 113 Å². The number of carbonyl (C=O) groups is 1. The number of fused-ring (bicyclic) bond motifs is 3. The monoisotopic (exact) mass is 451 g/mol. The highest BCUT2D eigenvalue weighted by atomic mass is 19.1. The van der Waals surface area contributed by atoms with Crippen molar-refractivity contribution in [1.82, 2.24) is 9.55 Å². The molecule has 8 nitrogen and oxygen atoms in total. The minimum Gasteiger partial charge on any atom is -0.465 e. The lowest BCUT2D eigenvalue weighted by Gasteiger charge is -2.21. The van der Waals surface area contributed by atoms with Crippen LogP contribution in [0.1, 0.15) is 22.7 Å². The molecule has 2 N–H and O–H groups in total. The third kappa shape index (κ3) is 3.15. The van der Waals surface area contributed by atoms with Crippen LogP contribution in [0.4, 0.5) is 14.8 Å². The zero-order valence-electron chi connectivity index (χ0n) is 17.0. The summed E-state index contributed by atoms with van der Waals surface area (Å²) < 4.78 is 46.1. The predicted octanol–water partition coefficient (Wildman–Crippen LogP) is 1.58. The van der Waals surface area contributed by atoms with E-state index < -0.39 is 29.1 Å². The minimum atomic E-state index is -1.14. The molecule has 1 unspecified atom stereocenters. The Kier molecular flexibility index (Phi) is 4.70. The number of oxazole rings is 2. The summed E-state index contributed by atoms with van der Waals surface area (Å²) in [5.41, 5.74) is 4.70. The first-order valence-corrected chi connectivity index (χ1v) is 9.72. The number of rotatable bonds is 3. The fourth-order valence-electron chi connectivity index (χ4n) is 3.90. The number of ether oxygens (including phenoxy) is 1. The highest BCUT2D eigenvalue weighted by Gasteiger charge is 2.40. The maximum Gasteiger partial charge on any atom is 0.362 e. The first kappa shape index (κ1) is 20.4. The van der Waals surface area contributed by atoms with E-state index in [9.17, 15) is 18.4 Å². The van der Waals surface area contributed by atoms with Crippen LogP contribution in [0.25, 0.3) is 17.5 Å². The Morgan fingerprint density at radius 1 is 1.12 bits per heavy atom. The van der Waals surface area contributed by atoms with E-state index in [1.165, 1.54) is 42.5 Å². The van der Waals surface area contributed by atoms with Crippen molar-refractivity contribution < 1.29 is 27.1 Å². The van der Waals surface area contributed by atoms with E-state index in [1.807, 2.05) is 0 Å². The van der Waals surface area contributed by atoms with Crippen molar-refractivity contribution in [3.05, 3.63) is 98.3 Å². The molecule has 0 radical (unpaired) electrons. The molecule has 1 atom stereocenters. The number of benzene rings is 2. The quantitative estimate of drug-likeness (QED) is 0.471. The van der Waals surface area contributed by atoms with Crippen LogP contribution in [0.3, 0.4) is 0 Å². The van der Waals surface area contributed by atoms with Crippen molar-refractivity contribution >= 4 is 23.6 Å². The molecular weight excluding hydrogens is 436 g/mol. The number of nitrogens with two attached hydrogens (primary N) is 1. The maximum atomic E-state index is 14.8. The van der Waals surface area contributed by atoms with Crippen LogP contribution in [-0.2, 0) is 9.53 Å². The molecule has 1 aliphatic heterocycles. The zero-order valence-corrected chi connectivity index (χ0v) is 17.0. The van der Waals surface area contributed by atoms with Crippen molar-refractivity contribution in [1.29, 1.82) is 0 Å². The molecule has 2 aromatic heterocycles. The lowest BCUT2D eigenvalue weighted by molar-refractivity contribution is -0.134. The van der Waals surface area contributed by atoms with E-state index in [1.54, 1.807) is 12.1 Å². The van der Waals surface area contributed by atoms with E-state index in [-0.39, 0.29) is 45.2 Å². The highest BCUT2D eigenvalue weighted by molar-refractivity contribution is 6.12. The molecule has 5 rings (SSSR count). The second-order valence-electron chi connectivity index (χ2n) is 7.18. The largest absolute Gasteiger partial charge is 0.465 e. The average molecular weight is 451 g/mol. The number of aromatic nitrogens is 2. The number of anilines is 1. The molecule has 0 saturated carbocycles. The van der Waals surface area contributed by atoms with Crippen LogP contribution in [0.2, 0.25) is 0 Å². The van der Waals surface area contributed by atoms with Gasteiger partial charge in [0.25, 0.3) is 6.01 Å². The second-order valence-corrected chi connectivity index (χ2v) is 7.18. The van der Waals surface area contributed by atoms with Gasteiger partial charge >= 0.3 is 11.6 Å². The van der Waals surface area contributed by atoms with Gasteiger partial charge in [0.1, 0.15) is 28.3 Å². The van der Waals surface area contributed by atoms with Gasteiger partial charge in [-0.25, -0.2) is 22.9 Å². The van der Waals surface area contributed by atoms with Crippen LogP contribution < -0.4 is 22.3 Å². The molecule has 0 amide bonds. The Bertz CT molecular complexity index is 1600. The number of nitrogen functional groups attached to an aromatic ring is 1. The third-order valence-corrected chi connectivity index (χ3v) is 5.31. The van der Waals surface area contributed by atoms with Crippen LogP contribution in [0.5, 0.6) is 0 Å². The molecule has 3 heterocycles. The lowest BCUT2D eigenvalue weighted by Crippen LogP contribution is -2.37. The Labute approximate surface area is 183 Å². The summed E-state index contributed by atoms with van der Waals surface area (Å²) in [6, 6.07) is 11.2. The number of methoxy groups -OCH3 is 1. The van der Waals surface area contributed by atoms with Crippen LogP contribution in [0, 0.1) is 11.6 Å². The SMILES string of the molecule is COC(=O)C1=c2oc(=O)/c(=C\c3ccccc3F)n2-c2oc(N)nc2C1c1ccccc1F. The van der Waals surface area contributed by atoms with Crippen molar-refractivity contribution in [3.8, 4) is 5.88 Å². The average Bonchev–Trinajstić information content (AvgIpc) is 3.33. The third-order valence-electron chi connectivity index (χ3n) is 5.31. The molecule has 10 heteroatoms. The number of esters is 1. The van der Waals surface area contributed by atoms with Gasteiger partial charge in [-0.1, -0.05) is 36.4 Å². The van der Waals surface area contributed by atoms with E-state index in [0.717, 1.165) is 11.7 Å². The fraction of sp³-hybridized carbons (Fsp3) is 0.0870. The summed E-state index contributed by atoms with van der Waals surface area (Å²) in [5, 5.41) is -0.152. The van der Waals surface area contributed by atoms with Gasteiger partial charge in [0.05, 0.1) is 13.0 Å². The van der Waals surface area contributed by atoms with E-state index >= 15 is 0 Å². The van der Waals surface area contributed by atoms with Gasteiger partial charge in [-0.2, -0.15) is 4.98 Å². The number of hydrogen-bond acceptors (Lipinski definition) is 7. The van der Waals surface area contributed by atoms with Crippen LogP contribution in [-0.4, -0.2) is 22.6 Å². The molecule has 166 valence electrons. The molecule has 0 aliphatic carbocycles. The minimum absolute atomic E-state index is 0.0585. The standard InChI is InChI=1S/C23H15F2N3O5/c1-31-22(30)17-16(12-7-3-5-9-14(12)25)18-20(33-23(26)27-18)28-15(21(29)32-19(17)28)10-11-6-2-4-8-13(11)24/h2-10,16H,1H3,(H2,26,27)/b15-10+. The van der Waals surface area contributed by atoms with Crippen molar-refractivity contribution in [3.63, 3.8) is 0 Å². The van der Waals surface area contributed by atoms with Crippen molar-refractivity contribution in [2.24, 2.45) is 0 Å². The maximum absolute atomic E-state index is 14.8. The van der Waals surface area contributed by atoms with Gasteiger partial charge in [-0.3, -0.25) is 0 Å². The summed E-state index contributed by atoms with van der Waals surface area (Å²) in [6.45, 7) is 0. The van der Waals surface area contributed by atoms with Gasteiger partial charge in [-0.05, 0) is 18.2 Å². The molecule has 0 fully saturated rings. The summed E-state index contributed by atoms with van der Waals surface area (Å²) in [7, 11) is 1.14. The lowest BCUT2D eigenvalue weighted by atomic mass is 9.86.